The van der Waals surface area contributed by atoms with E-state index in [-0.39, 0.29) is 5.75 Å². The van der Waals surface area contributed by atoms with Gasteiger partial charge in [0.25, 0.3) is 0 Å². The molecule has 0 N–H and O–H groups in total. The van der Waals surface area contributed by atoms with E-state index in [2.05, 4.69) is 20.7 Å². The van der Waals surface area contributed by atoms with Crippen LogP contribution < -0.4 is 4.74 Å². The van der Waals surface area contributed by atoms with Crippen molar-refractivity contribution in [3.63, 3.8) is 0 Å². The molecule has 0 spiro atoms. The lowest BCUT2D eigenvalue weighted by atomic mass is 10.2. The molecule has 1 atom stereocenters. The van der Waals surface area contributed by atoms with Crippen LogP contribution in [0.4, 0.5) is 17.6 Å². The molecule has 0 aromatic heterocycles. The summed E-state index contributed by atoms with van der Waals surface area (Å²) in [4.78, 5) is 0. The van der Waals surface area contributed by atoms with Crippen LogP contribution in [0.15, 0.2) is 22.7 Å². The van der Waals surface area contributed by atoms with Gasteiger partial charge >= 0.3 is 6.18 Å². The third-order valence-corrected chi connectivity index (χ3v) is 2.34. The first kappa shape index (κ1) is 13.8. The van der Waals surface area contributed by atoms with E-state index in [1.54, 1.807) is 0 Å². The summed E-state index contributed by atoms with van der Waals surface area (Å²) < 4.78 is 54.8. The third kappa shape index (κ3) is 3.89. The van der Waals surface area contributed by atoms with Gasteiger partial charge in [-0.1, -0.05) is 15.9 Å². The Bertz CT molecular complexity index is 441. The molecule has 0 aliphatic rings. The largest absolute Gasteiger partial charge is 0.489 e. The quantitative estimate of drug-likeness (QED) is 0.798. The number of nitriles is 1. The van der Waals surface area contributed by atoms with Crippen molar-refractivity contribution in [2.24, 2.45) is 5.92 Å². The van der Waals surface area contributed by atoms with E-state index < -0.39 is 24.5 Å². The number of benzene rings is 1. The van der Waals surface area contributed by atoms with E-state index in [0.29, 0.717) is 4.47 Å². The number of rotatable bonds is 3. The lowest BCUT2D eigenvalue weighted by molar-refractivity contribution is -0.165. The predicted molar refractivity (Wildman–Crippen MR) is 54.8 cm³/mol. The van der Waals surface area contributed by atoms with Crippen molar-refractivity contribution in [3.8, 4) is 11.8 Å². The van der Waals surface area contributed by atoms with Crippen molar-refractivity contribution in [2.45, 2.75) is 6.18 Å². The van der Waals surface area contributed by atoms with Crippen LogP contribution in [0.2, 0.25) is 0 Å². The summed E-state index contributed by atoms with van der Waals surface area (Å²) in [6.45, 7) is -0.937. The molecule has 1 aromatic rings. The van der Waals surface area contributed by atoms with Gasteiger partial charge in [0.2, 0.25) is 0 Å². The van der Waals surface area contributed by atoms with Gasteiger partial charge in [-0.25, -0.2) is 4.39 Å². The molecule has 17 heavy (non-hydrogen) atoms. The number of hydrogen-bond acceptors (Lipinski definition) is 2. The minimum absolute atomic E-state index is 0.330. The highest BCUT2D eigenvalue weighted by atomic mass is 79.9. The van der Waals surface area contributed by atoms with Crippen LogP contribution in [-0.2, 0) is 0 Å². The molecule has 0 radical (unpaired) electrons. The molecular formula is C10H6BrF4NO. The third-order valence-electron chi connectivity index (χ3n) is 1.85. The topological polar surface area (TPSA) is 33.0 Å². The highest BCUT2D eigenvalue weighted by Crippen LogP contribution is 2.28. The van der Waals surface area contributed by atoms with Gasteiger partial charge in [0.05, 0.1) is 6.07 Å². The predicted octanol–water partition coefficient (Wildman–Crippen LogP) is 3.67. The van der Waals surface area contributed by atoms with E-state index in [1.165, 1.54) is 12.1 Å². The molecule has 2 nitrogen and oxygen atoms in total. The fourth-order valence-electron chi connectivity index (χ4n) is 0.966. The molecule has 1 aromatic carbocycles. The van der Waals surface area contributed by atoms with Crippen LogP contribution >= 0.6 is 15.9 Å². The molecule has 0 saturated heterocycles. The fourth-order valence-corrected chi connectivity index (χ4v) is 1.31. The Hall–Kier alpha value is -1.29. The van der Waals surface area contributed by atoms with Crippen molar-refractivity contribution in [1.29, 1.82) is 5.26 Å². The first-order valence-electron chi connectivity index (χ1n) is 4.38. The van der Waals surface area contributed by atoms with Crippen molar-refractivity contribution < 1.29 is 22.3 Å². The highest BCUT2D eigenvalue weighted by Gasteiger charge is 2.40. The van der Waals surface area contributed by atoms with E-state index in [4.69, 9.17) is 5.26 Å². The zero-order chi connectivity index (χ0) is 13.1. The molecule has 0 fully saturated rings. The van der Waals surface area contributed by atoms with Gasteiger partial charge < -0.3 is 4.74 Å². The second-order valence-corrected chi connectivity index (χ2v) is 4.02. The lowest BCUT2D eigenvalue weighted by Gasteiger charge is -2.14. The van der Waals surface area contributed by atoms with Crippen LogP contribution in [0.1, 0.15) is 0 Å². The molecule has 0 aliphatic carbocycles. The van der Waals surface area contributed by atoms with Gasteiger partial charge in [-0.05, 0) is 18.2 Å². The molecule has 7 heteroatoms. The first-order chi connectivity index (χ1) is 7.84. The molecule has 92 valence electrons. The molecule has 0 aliphatic heterocycles. The van der Waals surface area contributed by atoms with Gasteiger partial charge in [-0.2, -0.15) is 18.4 Å². The normalized spacial score (nSPS) is 12.9. The molecule has 0 saturated carbocycles. The first-order valence-corrected chi connectivity index (χ1v) is 5.18. The second kappa shape index (κ2) is 5.36. The van der Waals surface area contributed by atoms with Gasteiger partial charge in [-0.15, -0.1) is 0 Å². The van der Waals surface area contributed by atoms with E-state index >= 15 is 0 Å². The van der Waals surface area contributed by atoms with Gasteiger partial charge in [0.1, 0.15) is 6.61 Å². The monoisotopic (exact) mass is 311 g/mol. The van der Waals surface area contributed by atoms with Crippen LogP contribution in [0, 0.1) is 23.1 Å². The Kier molecular flexibility index (Phi) is 4.34. The van der Waals surface area contributed by atoms with E-state index in [1.807, 2.05) is 0 Å². The summed E-state index contributed by atoms with van der Waals surface area (Å²) in [6, 6.07) is 4.69. The molecule has 1 rings (SSSR count). The average molecular weight is 312 g/mol. The summed E-state index contributed by atoms with van der Waals surface area (Å²) in [6.07, 6.45) is -4.68. The number of ether oxygens (including phenoxy) is 1. The van der Waals surface area contributed by atoms with E-state index in [9.17, 15) is 17.6 Å². The number of hydrogen-bond donors (Lipinski definition) is 0. The summed E-state index contributed by atoms with van der Waals surface area (Å²) in [5.74, 6) is -3.39. The Morgan fingerprint density at radius 1 is 1.41 bits per heavy atom. The summed E-state index contributed by atoms with van der Waals surface area (Å²) in [5, 5.41) is 8.31. The number of alkyl halides is 3. The van der Waals surface area contributed by atoms with Crippen LogP contribution in [0.25, 0.3) is 0 Å². The average Bonchev–Trinajstić information content (AvgIpc) is 2.22. The van der Waals surface area contributed by atoms with Crippen LogP contribution in [-0.4, -0.2) is 12.8 Å². The minimum atomic E-state index is -4.68. The molecule has 0 amide bonds. The maximum atomic E-state index is 13.1. The lowest BCUT2D eigenvalue weighted by Crippen LogP contribution is -2.27. The van der Waals surface area contributed by atoms with Crippen LogP contribution in [0.3, 0.4) is 0 Å². The minimum Gasteiger partial charge on any atom is -0.489 e. The summed E-state index contributed by atoms with van der Waals surface area (Å²) in [7, 11) is 0. The van der Waals surface area contributed by atoms with Gasteiger partial charge in [0, 0.05) is 4.47 Å². The number of halogens is 5. The second-order valence-electron chi connectivity index (χ2n) is 3.11. The Labute approximate surface area is 103 Å². The Morgan fingerprint density at radius 3 is 2.59 bits per heavy atom. The zero-order valence-corrected chi connectivity index (χ0v) is 9.85. The smallest absolute Gasteiger partial charge is 0.407 e. The molecule has 0 heterocycles. The molecular weight excluding hydrogens is 306 g/mol. The Morgan fingerprint density at radius 2 is 2.06 bits per heavy atom. The van der Waals surface area contributed by atoms with Crippen LogP contribution in [0.5, 0.6) is 5.75 Å². The zero-order valence-electron chi connectivity index (χ0n) is 8.26. The summed E-state index contributed by atoms with van der Waals surface area (Å²) in [5.41, 5.74) is 0. The number of nitrogens with zero attached hydrogens (tertiary/aromatic N) is 1. The van der Waals surface area contributed by atoms with Crippen molar-refractivity contribution >= 4 is 15.9 Å². The van der Waals surface area contributed by atoms with E-state index in [0.717, 1.165) is 12.1 Å². The Balaban J connectivity index is 2.73. The fraction of sp³-hybridized carbons (Fsp3) is 0.300. The maximum Gasteiger partial charge on any atom is 0.407 e. The molecule has 1 unspecified atom stereocenters. The molecule has 0 bridgehead atoms. The standard InChI is InChI=1S/C10H6BrF4NO/c11-7-1-2-8(12)9(3-7)17-5-6(4-16)10(13,14)15/h1-3,6H,5H2. The highest BCUT2D eigenvalue weighted by molar-refractivity contribution is 9.10. The van der Waals surface area contributed by atoms with Crippen molar-refractivity contribution in [1.82, 2.24) is 0 Å². The van der Waals surface area contributed by atoms with Crippen molar-refractivity contribution in [2.75, 3.05) is 6.61 Å². The van der Waals surface area contributed by atoms with Crippen molar-refractivity contribution in [3.05, 3.63) is 28.5 Å². The SMILES string of the molecule is N#CC(COc1cc(Br)ccc1F)C(F)(F)F. The maximum absolute atomic E-state index is 13.1. The van der Waals surface area contributed by atoms with Gasteiger partial charge in [-0.3, -0.25) is 0 Å². The summed E-state index contributed by atoms with van der Waals surface area (Å²) >= 11 is 3.03. The van der Waals surface area contributed by atoms with Gasteiger partial charge in [0.15, 0.2) is 17.5 Å².